The van der Waals surface area contributed by atoms with Crippen molar-refractivity contribution in [2.24, 2.45) is 5.73 Å². The van der Waals surface area contributed by atoms with E-state index in [1.807, 2.05) is 0 Å². The zero-order valence-electron chi connectivity index (χ0n) is 14.9. The van der Waals surface area contributed by atoms with Gasteiger partial charge in [-0.1, -0.05) is 30.3 Å². The molecule has 2 aromatic rings. The Labute approximate surface area is 160 Å². The molecular weight excluding hydrogens is 367 g/mol. The van der Waals surface area contributed by atoms with E-state index in [1.54, 1.807) is 30.3 Å². The number of carbonyl (C=O) groups excluding carboxylic acids is 4. The third-order valence-corrected chi connectivity index (χ3v) is 3.82. The molecule has 3 N–H and O–H groups in total. The van der Waals surface area contributed by atoms with Gasteiger partial charge >= 0.3 is 5.97 Å². The molecule has 2 rings (SSSR count). The van der Waals surface area contributed by atoms with E-state index >= 15 is 0 Å². The van der Waals surface area contributed by atoms with Crippen LogP contribution in [0.2, 0.25) is 0 Å². The van der Waals surface area contributed by atoms with E-state index in [1.165, 1.54) is 12.1 Å². The molecule has 8 heteroatoms. The van der Waals surface area contributed by atoms with Gasteiger partial charge in [-0.05, 0) is 30.7 Å². The summed E-state index contributed by atoms with van der Waals surface area (Å²) in [5.74, 6) is -3.11. The maximum absolute atomic E-state index is 13.0. The fourth-order valence-corrected chi connectivity index (χ4v) is 2.32. The van der Waals surface area contributed by atoms with Crippen LogP contribution in [0, 0.1) is 5.82 Å². The second kappa shape index (κ2) is 9.96. The zero-order valence-corrected chi connectivity index (χ0v) is 14.9. The summed E-state index contributed by atoms with van der Waals surface area (Å²) < 4.78 is 18.0. The molecule has 1 atom stereocenters. The zero-order chi connectivity index (χ0) is 20.5. The van der Waals surface area contributed by atoms with E-state index in [2.05, 4.69) is 5.32 Å². The number of nitrogens with two attached hydrogens (primary N) is 1. The fraction of sp³-hybridized carbons (Fsp3) is 0.200. The third kappa shape index (κ3) is 6.31. The van der Waals surface area contributed by atoms with Crippen molar-refractivity contribution in [1.82, 2.24) is 5.32 Å². The van der Waals surface area contributed by atoms with Crippen molar-refractivity contribution in [3.05, 3.63) is 71.5 Å². The standard InChI is InChI=1S/C20H19FN2O5/c21-15-8-6-14(7-9-15)19(26)23-16(10-11-18(22)25)20(27)28-12-17(24)13-4-2-1-3-5-13/h1-9,16H,10-12H2,(H2,22,25)(H,23,26). The lowest BCUT2D eigenvalue weighted by Gasteiger charge is -2.17. The van der Waals surface area contributed by atoms with Crippen LogP contribution in [0.1, 0.15) is 33.6 Å². The first-order valence-corrected chi connectivity index (χ1v) is 8.46. The topological polar surface area (TPSA) is 116 Å². The summed E-state index contributed by atoms with van der Waals surface area (Å²) in [5, 5.41) is 2.42. The minimum atomic E-state index is -1.19. The highest BCUT2D eigenvalue weighted by atomic mass is 19.1. The third-order valence-electron chi connectivity index (χ3n) is 3.82. The highest BCUT2D eigenvalue weighted by molar-refractivity contribution is 5.99. The van der Waals surface area contributed by atoms with Gasteiger partial charge in [0, 0.05) is 17.5 Å². The molecule has 0 aromatic heterocycles. The van der Waals surface area contributed by atoms with Gasteiger partial charge in [0.25, 0.3) is 5.91 Å². The molecular formula is C20H19FN2O5. The smallest absolute Gasteiger partial charge is 0.329 e. The molecule has 0 heterocycles. The Kier molecular flexibility index (Phi) is 7.38. The van der Waals surface area contributed by atoms with Crippen LogP contribution >= 0.6 is 0 Å². The summed E-state index contributed by atoms with van der Waals surface area (Å²) in [6, 6.07) is 11.8. The minimum absolute atomic E-state index is 0.0966. The maximum Gasteiger partial charge on any atom is 0.329 e. The average Bonchev–Trinajstić information content (AvgIpc) is 2.69. The molecule has 146 valence electrons. The van der Waals surface area contributed by atoms with Crippen LogP contribution in [-0.4, -0.2) is 36.2 Å². The summed E-state index contributed by atoms with van der Waals surface area (Å²) in [5.41, 5.74) is 5.60. The van der Waals surface area contributed by atoms with Crippen molar-refractivity contribution in [2.45, 2.75) is 18.9 Å². The Balaban J connectivity index is 2.01. The number of ketones is 1. The number of hydrogen-bond acceptors (Lipinski definition) is 5. The number of benzene rings is 2. The lowest BCUT2D eigenvalue weighted by atomic mass is 10.1. The normalized spacial score (nSPS) is 11.3. The predicted octanol–water partition coefficient (Wildman–Crippen LogP) is 1.62. The molecule has 0 fully saturated rings. The lowest BCUT2D eigenvalue weighted by Crippen LogP contribution is -2.43. The summed E-state index contributed by atoms with van der Waals surface area (Å²) in [7, 11) is 0. The first kappa shape index (κ1) is 20.8. The average molecular weight is 386 g/mol. The highest BCUT2D eigenvalue weighted by Crippen LogP contribution is 2.07. The van der Waals surface area contributed by atoms with Gasteiger partial charge in [0.15, 0.2) is 12.4 Å². The molecule has 0 spiro atoms. The molecule has 0 aliphatic carbocycles. The summed E-state index contributed by atoms with van der Waals surface area (Å²) in [4.78, 5) is 47.6. The number of primary amides is 1. The Morgan fingerprint density at radius 2 is 1.61 bits per heavy atom. The monoisotopic (exact) mass is 386 g/mol. The van der Waals surface area contributed by atoms with Crippen molar-refractivity contribution in [1.29, 1.82) is 0 Å². The van der Waals surface area contributed by atoms with Crippen LogP contribution in [0.5, 0.6) is 0 Å². The Bertz CT molecular complexity index is 853. The minimum Gasteiger partial charge on any atom is -0.456 e. The molecule has 2 amide bonds. The van der Waals surface area contributed by atoms with Crippen LogP contribution < -0.4 is 11.1 Å². The summed E-state index contributed by atoms with van der Waals surface area (Å²) in [6.45, 7) is -0.512. The number of nitrogens with one attached hydrogen (secondary N) is 1. The number of carbonyl (C=O) groups is 4. The predicted molar refractivity (Wildman–Crippen MR) is 97.8 cm³/mol. The van der Waals surface area contributed by atoms with Gasteiger partial charge in [-0.15, -0.1) is 0 Å². The Morgan fingerprint density at radius 1 is 0.964 bits per heavy atom. The van der Waals surface area contributed by atoms with Crippen LogP contribution in [0.3, 0.4) is 0 Å². The van der Waals surface area contributed by atoms with Crippen molar-refractivity contribution in [2.75, 3.05) is 6.61 Å². The molecule has 1 unspecified atom stereocenters. The van der Waals surface area contributed by atoms with Gasteiger partial charge in [0.1, 0.15) is 11.9 Å². The molecule has 0 radical (unpaired) electrons. The van der Waals surface area contributed by atoms with Crippen LogP contribution in [-0.2, 0) is 14.3 Å². The van der Waals surface area contributed by atoms with Crippen LogP contribution in [0.4, 0.5) is 4.39 Å². The summed E-state index contributed by atoms with van der Waals surface area (Å²) >= 11 is 0. The fourth-order valence-electron chi connectivity index (χ4n) is 2.32. The number of halogens is 1. The van der Waals surface area contributed by atoms with Gasteiger partial charge in [-0.3, -0.25) is 14.4 Å². The first-order valence-electron chi connectivity index (χ1n) is 8.46. The van der Waals surface area contributed by atoms with Crippen LogP contribution in [0.15, 0.2) is 54.6 Å². The Hall–Kier alpha value is -3.55. The SMILES string of the molecule is NC(=O)CCC(NC(=O)c1ccc(F)cc1)C(=O)OCC(=O)c1ccccc1. The molecule has 0 aliphatic rings. The number of rotatable bonds is 9. The van der Waals surface area contributed by atoms with E-state index in [0.717, 1.165) is 12.1 Å². The number of amides is 2. The molecule has 0 saturated heterocycles. The van der Waals surface area contributed by atoms with E-state index < -0.39 is 42.0 Å². The quantitative estimate of drug-likeness (QED) is 0.502. The van der Waals surface area contributed by atoms with Crippen LogP contribution in [0.25, 0.3) is 0 Å². The molecule has 28 heavy (non-hydrogen) atoms. The molecule has 0 saturated carbocycles. The number of esters is 1. The van der Waals surface area contributed by atoms with Crippen molar-refractivity contribution in [3.63, 3.8) is 0 Å². The number of hydrogen-bond donors (Lipinski definition) is 2. The lowest BCUT2D eigenvalue weighted by molar-refractivity contribution is -0.145. The van der Waals surface area contributed by atoms with E-state index in [4.69, 9.17) is 10.5 Å². The highest BCUT2D eigenvalue weighted by Gasteiger charge is 2.24. The second-order valence-electron chi connectivity index (χ2n) is 5.93. The van der Waals surface area contributed by atoms with Gasteiger partial charge < -0.3 is 15.8 Å². The Morgan fingerprint density at radius 3 is 2.21 bits per heavy atom. The number of ether oxygens (including phenoxy) is 1. The molecule has 0 aliphatic heterocycles. The molecule has 2 aromatic carbocycles. The van der Waals surface area contributed by atoms with Gasteiger partial charge in [-0.25, -0.2) is 9.18 Å². The van der Waals surface area contributed by atoms with E-state index in [-0.39, 0.29) is 18.4 Å². The van der Waals surface area contributed by atoms with E-state index in [0.29, 0.717) is 5.56 Å². The maximum atomic E-state index is 13.0. The second-order valence-corrected chi connectivity index (χ2v) is 5.93. The van der Waals surface area contributed by atoms with Crippen molar-refractivity contribution >= 4 is 23.6 Å². The van der Waals surface area contributed by atoms with Gasteiger partial charge in [-0.2, -0.15) is 0 Å². The first-order chi connectivity index (χ1) is 13.4. The van der Waals surface area contributed by atoms with Gasteiger partial charge in [0.05, 0.1) is 0 Å². The van der Waals surface area contributed by atoms with Crippen molar-refractivity contribution in [3.8, 4) is 0 Å². The molecule has 0 bridgehead atoms. The van der Waals surface area contributed by atoms with Crippen molar-refractivity contribution < 1.29 is 28.3 Å². The largest absolute Gasteiger partial charge is 0.456 e. The summed E-state index contributed by atoms with van der Waals surface area (Å²) in [6.07, 6.45) is -0.267. The molecule has 7 nitrogen and oxygen atoms in total. The van der Waals surface area contributed by atoms with E-state index in [9.17, 15) is 23.6 Å². The van der Waals surface area contributed by atoms with Gasteiger partial charge in [0.2, 0.25) is 5.91 Å². The number of Topliss-reactive ketones (excluding diaryl/α,β-unsaturated/α-hetero) is 1.